The van der Waals surface area contributed by atoms with Gasteiger partial charge in [0.15, 0.2) is 0 Å². The highest BCUT2D eigenvalue weighted by Crippen LogP contribution is 2.34. The molecule has 6 nitrogen and oxygen atoms in total. The van der Waals surface area contributed by atoms with Gasteiger partial charge in [0.1, 0.15) is 5.82 Å². The smallest absolute Gasteiger partial charge is 0.226 e. The third-order valence-corrected chi connectivity index (χ3v) is 6.57. The van der Waals surface area contributed by atoms with E-state index >= 15 is 0 Å². The number of anilines is 2. The Labute approximate surface area is 184 Å². The third kappa shape index (κ3) is 4.00. The van der Waals surface area contributed by atoms with Crippen molar-refractivity contribution in [1.29, 1.82) is 0 Å². The predicted octanol–water partition coefficient (Wildman–Crippen LogP) is 4.38. The average Bonchev–Trinajstić information content (AvgIpc) is 3.41. The summed E-state index contributed by atoms with van der Waals surface area (Å²) in [7, 11) is 0. The van der Waals surface area contributed by atoms with Crippen molar-refractivity contribution >= 4 is 11.8 Å². The molecule has 31 heavy (non-hydrogen) atoms. The van der Waals surface area contributed by atoms with Gasteiger partial charge in [0.25, 0.3) is 0 Å². The summed E-state index contributed by atoms with van der Waals surface area (Å²) in [6.07, 6.45) is 4.94. The van der Waals surface area contributed by atoms with Gasteiger partial charge in [-0.25, -0.2) is 15.0 Å². The number of piperazine rings is 1. The summed E-state index contributed by atoms with van der Waals surface area (Å²) in [6.45, 7) is 8.85. The van der Waals surface area contributed by atoms with Gasteiger partial charge >= 0.3 is 0 Å². The number of hydrogen-bond donors (Lipinski definition) is 1. The summed E-state index contributed by atoms with van der Waals surface area (Å²) in [6, 6.07) is 18.4. The molecule has 5 rings (SSSR count). The fourth-order valence-corrected chi connectivity index (χ4v) is 4.94. The molecule has 2 aliphatic heterocycles. The summed E-state index contributed by atoms with van der Waals surface area (Å²) in [4.78, 5) is 19.1. The van der Waals surface area contributed by atoms with E-state index in [0.717, 1.165) is 36.1 Å². The molecule has 6 heteroatoms. The molecule has 2 saturated heterocycles. The van der Waals surface area contributed by atoms with Gasteiger partial charge in [0, 0.05) is 55.2 Å². The first-order valence-corrected chi connectivity index (χ1v) is 11.2. The normalized spacial score (nSPS) is 21.6. The number of fused-ring (bicyclic) bond motifs is 2. The fraction of sp³-hybridized carbons (Fsp3) is 0.400. The molecular formula is C25H30N6. The Morgan fingerprint density at radius 3 is 2.48 bits per heavy atom. The number of hydrogen-bond acceptors (Lipinski definition) is 6. The molecule has 0 spiro atoms. The first-order valence-electron chi connectivity index (χ1n) is 11.2. The van der Waals surface area contributed by atoms with Crippen LogP contribution < -0.4 is 10.2 Å². The molecule has 3 aromatic rings. The van der Waals surface area contributed by atoms with Crippen molar-refractivity contribution in [3.63, 3.8) is 0 Å². The molecule has 0 radical (unpaired) electrons. The van der Waals surface area contributed by atoms with Crippen molar-refractivity contribution in [2.24, 2.45) is 0 Å². The maximum Gasteiger partial charge on any atom is 0.226 e. The molecular weight excluding hydrogens is 384 g/mol. The fourth-order valence-electron chi connectivity index (χ4n) is 4.94. The van der Waals surface area contributed by atoms with Crippen LogP contribution in [0.2, 0.25) is 0 Å². The minimum absolute atomic E-state index is 0.175. The molecule has 0 amide bonds. The highest BCUT2D eigenvalue weighted by atomic mass is 15.4. The molecule has 2 fully saturated rings. The van der Waals surface area contributed by atoms with Crippen LogP contribution in [0.4, 0.5) is 11.8 Å². The maximum absolute atomic E-state index is 4.93. The maximum atomic E-state index is 4.93. The van der Waals surface area contributed by atoms with E-state index in [4.69, 9.17) is 4.98 Å². The Morgan fingerprint density at radius 1 is 0.935 bits per heavy atom. The number of nitrogens with zero attached hydrogens (tertiary/aromatic N) is 5. The van der Waals surface area contributed by atoms with Crippen LogP contribution in [0.15, 0.2) is 60.9 Å². The molecule has 0 aliphatic carbocycles. The van der Waals surface area contributed by atoms with Gasteiger partial charge in [-0.3, -0.25) is 4.90 Å². The second-order valence-electron chi connectivity index (χ2n) is 8.93. The van der Waals surface area contributed by atoms with Crippen LogP contribution in [0.25, 0.3) is 11.3 Å². The van der Waals surface area contributed by atoms with E-state index in [-0.39, 0.29) is 6.04 Å². The van der Waals surface area contributed by atoms with E-state index in [1.807, 2.05) is 30.6 Å². The summed E-state index contributed by atoms with van der Waals surface area (Å²) in [5.41, 5.74) is 3.22. The van der Waals surface area contributed by atoms with Crippen molar-refractivity contribution in [1.82, 2.24) is 19.9 Å². The van der Waals surface area contributed by atoms with E-state index in [9.17, 15) is 0 Å². The predicted molar refractivity (Wildman–Crippen MR) is 125 cm³/mol. The Hall–Kier alpha value is -2.99. The van der Waals surface area contributed by atoms with Crippen LogP contribution in [-0.4, -0.2) is 51.1 Å². The van der Waals surface area contributed by atoms with Crippen molar-refractivity contribution in [2.75, 3.05) is 23.3 Å². The van der Waals surface area contributed by atoms with Crippen LogP contribution in [-0.2, 0) is 0 Å². The first-order chi connectivity index (χ1) is 15.1. The molecule has 2 aliphatic rings. The Kier molecular flexibility index (Phi) is 5.32. The Balaban J connectivity index is 1.33. The van der Waals surface area contributed by atoms with Crippen LogP contribution in [0, 0.1) is 0 Å². The molecule has 0 saturated carbocycles. The van der Waals surface area contributed by atoms with Crippen molar-refractivity contribution in [2.45, 2.75) is 51.4 Å². The lowest BCUT2D eigenvalue weighted by Crippen LogP contribution is -2.49. The number of rotatable bonds is 6. The highest BCUT2D eigenvalue weighted by Gasteiger charge is 2.44. The first kappa shape index (κ1) is 19.9. The monoisotopic (exact) mass is 414 g/mol. The molecule has 2 aromatic heterocycles. The Bertz CT molecular complexity index is 1040. The van der Waals surface area contributed by atoms with E-state index in [1.165, 1.54) is 12.0 Å². The van der Waals surface area contributed by atoms with Crippen molar-refractivity contribution in [3.8, 4) is 11.3 Å². The topological polar surface area (TPSA) is 57.2 Å². The number of nitrogens with one attached hydrogen (secondary N) is 1. The molecule has 3 atom stereocenters. The van der Waals surface area contributed by atoms with Gasteiger partial charge < -0.3 is 10.2 Å². The van der Waals surface area contributed by atoms with Crippen LogP contribution in [0.1, 0.15) is 38.8 Å². The Morgan fingerprint density at radius 2 is 1.74 bits per heavy atom. The summed E-state index contributed by atoms with van der Waals surface area (Å²) in [5.74, 6) is 1.69. The molecule has 1 aromatic carbocycles. The van der Waals surface area contributed by atoms with Gasteiger partial charge in [0.2, 0.25) is 5.95 Å². The lowest BCUT2D eigenvalue weighted by molar-refractivity contribution is 0.190. The quantitative estimate of drug-likeness (QED) is 0.646. The van der Waals surface area contributed by atoms with E-state index < -0.39 is 0 Å². The van der Waals surface area contributed by atoms with E-state index in [2.05, 4.69) is 76.2 Å². The number of pyridine rings is 1. The third-order valence-electron chi connectivity index (χ3n) is 6.57. The van der Waals surface area contributed by atoms with Gasteiger partial charge in [-0.2, -0.15) is 0 Å². The zero-order valence-electron chi connectivity index (χ0n) is 18.4. The van der Waals surface area contributed by atoms with E-state index in [0.29, 0.717) is 18.1 Å². The van der Waals surface area contributed by atoms with E-state index in [1.54, 1.807) is 0 Å². The van der Waals surface area contributed by atoms with Crippen LogP contribution in [0.3, 0.4) is 0 Å². The number of aromatic nitrogens is 3. The summed E-state index contributed by atoms with van der Waals surface area (Å²) in [5, 5.41) is 3.50. The molecule has 3 unspecified atom stereocenters. The standard InChI is InChI=1S/C25H30N6/c1-17(2)30-15-22-14-21(30)16-31(22)25-27-12-10-23(29-25)20-9-11-26-24(13-20)28-18(3)19-7-5-4-6-8-19/h4-13,17-18,21-22H,14-16H2,1-3H3,(H,26,28). The van der Waals surface area contributed by atoms with Gasteiger partial charge in [-0.05, 0) is 51.0 Å². The van der Waals surface area contributed by atoms with Gasteiger partial charge in [-0.1, -0.05) is 30.3 Å². The average molecular weight is 415 g/mol. The highest BCUT2D eigenvalue weighted by molar-refractivity contribution is 5.64. The summed E-state index contributed by atoms with van der Waals surface area (Å²) < 4.78 is 0. The lowest BCUT2D eigenvalue weighted by atomic mass is 10.1. The zero-order chi connectivity index (χ0) is 21.4. The van der Waals surface area contributed by atoms with Gasteiger partial charge in [-0.15, -0.1) is 0 Å². The molecule has 160 valence electrons. The zero-order valence-corrected chi connectivity index (χ0v) is 18.4. The molecule has 2 bridgehead atoms. The van der Waals surface area contributed by atoms with Crippen molar-refractivity contribution in [3.05, 3.63) is 66.5 Å². The second kappa shape index (κ2) is 8.27. The lowest BCUT2D eigenvalue weighted by Gasteiger charge is -2.36. The van der Waals surface area contributed by atoms with Gasteiger partial charge in [0.05, 0.1) is 5.69 Å². The molecule has 1 N–H and O–H groups in total. The largest absolute Gasteiger partial charge is 0.364 e. The van der Waals surface area contributed by atoms with Crippen LogP contribution >= 0.6 is 0 Å². The van der Waals surface area contributed by atoms with Crippen LogP contribution in [0.5, 0.6) is 0 Å². The molecule has 4 heterocycles. The minimum Gasteiger partial charge on any atom is -0.364 e. The summed E-state index contributed by atoms with van der Waals surface area (Å²) >= 11 is 0. The second-order valence-corrected chi connectivity index (χ2v) is 8.93. The SMILES string of the molecule is CC(Nc1cc(-c2ccnc(N3CC4CC3CN4C(C)C)n2)ccn1)c1ccccc1. The van der Waals surface area contributed by atoms with Crippen molar-refractivity contribution < 1.29 is 0 Å². The number of likely N-dealkylation sites (tertiary alicyclic amines) is 1. The minimum atomic E-state index is 0.175. The number of benzene rings is 1.